The number of aromatic nitrogens is 4. The molecule has 366 valence electrons. The van der Waals surface area contributed by atoms with Crippen LogP contribution in [0.4, 0.5) is 0 Å². The molecule has 5 atom stereocenters. The first kappa shape index (κ1) is 50.0. The zero-order chi connectivity index (χ0) is 49.3. The number of ether oxygens (including phenoxy) is 2. The molecular weight excluding hydrogens is 938 g/mol. The normalized spacial score (nSPS) is 19.0. The largest absolute Gasteiger partial charge is 0.391 e. The molecule has 6 heterocycles. The summed E-state index contributed by atoms with van der Waals surface area (Å²) in [6.45, 7) is 16.6. The van der Waals surface area contributed by atoms with Crippen molar-refractivity contribution >= 4 is 63.6 Å². The number of nitrogens with zero attached hydrogens (tertiary/aromatic N) is 7. The van der Waals surface area contributed by atoms with Crippen LogP contribution in [0.3, 0.4) is 0 Å². The average molecular weight is 999 g/mol. The molecule has 0 aliphatic carbocycles. The zero-order valence-electron chi connectivity index (χ0n) is 40.2. The number of benzene rings is 2. The van der Waals surface area contributed by atoms with Crippen molar-refractivity contribution in [3.63, 3.8) is 0 Å². The van der Waals surface area contributed by atoms with Crippen LogP contribution >= 0.6 is 34.3 Å². The second kappa shape index (κ2) is 20.9. The zero-order valence-corrected chi connectivity index (χ0v) is 42.6. The molecule has 19 heteroatoms. The van der Waals surface area contributed by atoms with Crippen molar-refractivity contribution < 1.29 is 33.8 Å². The van der Waals surface area contributed by atoms with Gasteiger partial charge in [0.25, 0.3) is 0 Å². The topological polar surface area (TPSA) is 193 Å². The summed E-state index contributed by atoms with van der Waals surface area (Å²) >= 11 is 9.49. The number of hydrogen-bond donors (Lipinski definition) is 3. The Bertz CT molecular complexity index is 2720. The second-order valence-corrected chi connectivity index (χ2v) is 21.7. The number of nitrogens with one attached hydrogen (secondary N) is 2. The number of amides is 4. The van der Waals surface area contributed by atoms with Crippen LogP contribution in [0.1, 0.15) is 104 Å². The van der Waals surface area contributed by atoms with E-state index in [1.54, 1.807) is 27.6 Å². The molecule has 3 aliphatic rings. The van der Waals surface area contributed by atoms with E-state index in [2.05, 4.69) is 39.7 Å². The van der Waals surface area contributed by atoms with Crippen molar-refractivity contribution in [2.75, 3.05) is 39.5 Å². The molecular formula is C50H60ClN9O7S2. The third-order valence-electron chi connectivity index (χ3n) is 13.0. The lowest BCUT2D eigenvalue weighted by Gasteiger charge is -2.39. The first-order valence-corrected chi connectivity index (χ1v) is 25.4. The van der Waals surface area contributed by atoms with Gasteiger partial charge in [0, 0.05) is 60.3 Å². The Balaban J connectivity index is 0.782. The minimum absolute atomic E-state index is 0.0270. The summed E-state index contributed by atoms with van der Waals surface area (Å²) in [4.78, 5) is 69.7. The molecule has 2 fully saturated rings. The molecule has 69 heavy (non-hydrogen) atoms. The highest BCUT2D eigenvalue weighted by atomic mass is 35.5. The Morgan fingerprint density at radius 2 is 1.65 bits per heavy atom. The summed E-state index contributed by atoms with van der Waals surface area (Å²) in [6, 6.07) is 12.7. The smallest absolute Gasteiger partial charge is 0.246 e. The first-order chi connectivity index (χ1) is 32.9. The highest BCUT2D eigenvalue weighted by molar-refractivity contribution is 7.15. The van der Waals surface area contributed by atoms with Gasteiger partial charge in [-0.1, -0.05) is 68.8 Å². The van der Waals surface area contributed by atoms with Crippen LogP contribution in [-0.4, -0.2) is 128 Å². The van der Waals surface area contributed by atoms with Gasteiger partial charge in [-0.2, -0.15) is 0 Å². The van der Waals surface area contributed by atoms with Crippen LogP contribution in [0.15, 0.2) is 59.0 Å². The van der Waals surface area contributed by atoms with E-state index in [1.165, 1.54) is 9.78 Å². The molecule has 0 spiro atoms. The number of aliphatic hydroxyl groups excluding tert-OH is 1. The summed E-state index contributed by atoms with van der Waals surface area (Å²) in [5.74, 6) is -0.00121. The van der Waals surface area contributed by atoms with Gasteiger partial charge in [0.05, 0.1) is 46.5 Å². The van der Waals surface area contributed by atoms with Crippen LogP contribution in [0.2, 0.25) is 5.02 Å². The van der Waals surface area contributed by atoms with Crippen LogP contribution in [-0.2, 0) is 28.7 Å². The molecule has 4 amide bonds. The molecule has 1 unspecified atom stereocenters. The van der Waals surface area contributed by atoms with E-state index < -0.39 is 41.5 Å². The maximum atomic E-state index is 14.1. The number of likely N-dealkylation sites (tertiary alicyclic amines) is 2. The number of aliphatic imine (C=N–C) groups is 1. The number of aryl methyl sites for hydroxylation is 3. The van der Waals surface area contributed by atoms with Crippen molar-refractivity contribution in [3.8, 4) is 15.4 Å². The Morgan fingerprint density at radius 3 is 2.33 bits per heavy atom. The van der Waals surface area contributed by atoms with Gasteiger partial charge in [-0.3, -0.25) is 28.7 Å². The molecule has 3 N–H and O–H groups in total. The molecule has 8 rings (SSSR count). The third kappa shape index (κ3) is 11.0. The number of fused-ring (bicyclic) bond motifs is 3. The maximum Gasteiger partial charge on any atom is 0.246 e. The number of carbonyl (C=O) groups is 4. The number of aliphatic hydroxyl groups is 1. The van der Waals surface area contributed by atoms with Crippen LogP contribution in [0.5, 0.6) is 0 Å². The summed E-state index contributed by atoms with van der Waals surface area (Å²) in [5.41, 5.74) is 7.83. The van der Waals surface area contributed by atoms with Crippen molar-refractivity contribution in [2.45, 2.75) is 111 Å². The minimum atomic E-state index is -0.980. The van der Waals surface area contributed by atoms with E-state index in [0.29, 0.717) is 37.0 Å². The Kier molecular flexibility index (Phi) is 15.2. The fraction of sp³-hybridized carbons (Fsp3) is 0.480. The van der Waals surface area contributed by atoms with E-state index in [9.17, 15) is 24.3 Å². The molecule has 2 saturated heterocycles. The highest BCUT2D eigenvalue weighted by Crippen LogP contribution is 2.40. The highest BCUT2D eigenvalue weighted by Gasteiger charge is 2.45. The van der Waals surface area contributed by atoms with Gasteiger partial charge in [0.1, 0.15) is 35.6 Å². The molecule has 3 aromatic heterocycles. The molecule has 0 radical (unpaired) electrons. The lowest BCUT2D eigenvalue weighted by molar-refractivity contribution is -0.146. The van der Waals surface area contributed by atoms with E-state index in [-0.39, 0.29) is 56.6 Å². The Hall–Kier alpha value is -5.37. The maximum absolute atomic E-state index is 14.1. The lowest BCUT2D eigenvalue weighted by atomic mass is 9.85. The molecule has 0 saturated carbocycles. The SMILES string of the molecule is Cc1ncsc1-c1ccc([C@H](C)NC(=O)[C@@H]2C[C@@H](O)CN2C(=O)C(NC(=O)COCCCOC2CN(C(=O)C[C@@H]3N=C(c4ccc(Cl)cc4)c4c(sc(C)c4C)-n4c(C)nnc43)C2)C(C)(C)C)cc1. The van der Waals surface area contributed by atoms with Crippen molar-refractivity contribution in [3.05, 3.63) is 104 Å². The van der Waals surface area contributed by atoms with Gasteiger partial charge < -0.3 is 35.0 Å². The Morgan fingerprint density at radius 1 is 0.942 bits per heavy atom. The molecule has 16 nitrogen and oxygen atoms in total. The van der Waals surface area contributed by atoms with Crippen LogP contribution in [0, 0.1) is 33.1 Å². The summed E-state index contributed by atoms with van der Waals surface area (Å²) in [7, 11) is 0. The van der Waals surface area contributed by atoms with Crippen LogP contribution in [0.25, 0.3) is 15.4 Å². The van der Waals surface area contributed by atoms with Gasteiger partial charge in [-0.15, -0.1) is 32.9 Å². The quantitative estimate of drug-likeness (QED) is 0.0905. The van der Waals surface area contributed by atoms with Crippen molar-refractivity contribution in [1.82, 2.24) is 40.2 Å². The van der Waals surface area contributed by atoms with Crippen LogP contribution < -0.4 is 10.6 Å². The van der Waals surface area contributed by atoms with E-state index >= 15 is 0 Å². The third-order valence-corrected chi connectivity index (χ3v) is 15.4. The van der Waals surface area contributed by atoms with E-state index in [1.807, 2.05) is 100 Å². The minimum Gasteiger partial charge on any atom is -0.391 e. The predicted molar refractivity (Wildman–Crippen MR) is 266 cm³/mol. The average Bonchev–Trinajstić information content (AvgIpc) is 4.06. The lowest BCUT2D eigenvalue weighted by Crippen LogP contribution is -2.58. The van der Waals surface area contributed by atoms with Gasteiger partial charge in [0.15, 0.2) is 5.82 Å². The van der Waals surface area contributed by atoms with Gasteiger partial charge in [-0.25, -0.2) is 4.98 Å². The molecule has 0 bridgehead atoms. The summed E-state index contributed by atoms with van der Waals surface area (Å²) < 4.78 is 13.8. The first-order valence-electron chi connectivity index (χ1n) is 23.3. The summed E-state index contributed by atoms with van der Waals surface area (Å²) in [6.07, 6.45) is -0.307. The van der Waals surface area contributed by atoms with E-state index in [4.69, 9.17) is 26.1 Å². The predicted octanol–water partition coefficient (Wildman–Crippen LogP) is 6.63. The monoisotopic (exact) mass is 997 g/mol. The number of hydrogen-bond acceptors (Lipinski definition) is 13. The second-order valence-electron chi connectivity index (χ2n) is 19.2. The van der Waals surface area contributed by atoms with E-state index in [0.717, 1.165) is 54.9 Å². The number of β-amino-alcohol motifs (C(OH)–C–C–N with tert-alkyl or cyclic N) is 1. The Labute approximate surface area is 415 Å². The van der Waals surface area contributed by atoms with Crippen molar-refractivity contribution in [2.24, 2.45) is 10.4 Å². The van der Waals surface area contributed by atoms with Gasteiger partial charge in [0.2, 0.25) is 23.6 Å². The van der Waals surface area contributed by atoms with Gasteiger partial charge in [-0.05, 0) is 75.3 Å². The molecule has 3 aliphatic heterocycles. The number of rotatable bonds is 16. The fourth-order valence-electron chi connectivity index (χ4n) is 8.97. The van der Waals surface area contributed by atoms with Crippen molar-refractivity contribution in [1.29, 1.82) is 0 Å². The standard InChI is InChI=1S/C50H60ClN9O7S2/c1-27-30(4)69-49-42(27)43(33-14-16-35(51)17-15-33)54-38(46-57-56-31(5)60(46)49)21-41(63)58-23-37(24-58)67-19-9-18-66-25-40(62)55-45(50(6,7)8)48(65)59-22-36(61)20-39(59)47(64)53-28(2)32-10-12-34(13-11-32)44-29(3)52-26-68-44/h10-17,26,28,36-39,45,61H,9,18-25H2,1-8H3,(H,53,64)(H,55,62)/t28-,36+,38-,39-,45?/m0/s1. The number of carbonyl (C=O) groups excluding carboxylic acids is 4. The molecule has 2 aromatic carbocycles. The number of thiazole rings is 1. The molecule has 5 aromatic rings. The summed E-state index contributed by atoms with van der Waals surface area (Å²) in [5, 5.41) is 27.1. The fourth-order valence-corrected chi connectivity index (χ4v) is 11.1. The number of halogens is 1. The van der Waals surface area contributed by atoms with Gasteiger partial charge >= 0.3 is 0 Å². The number of thiophene rings is 1.